The van der Waals surface area contributed by atoms with Crippen molar-refractivity contribution in [2.45, 2.75) is 32.1 Å². The Kier molecular flexibility index (Phi) is 3.85. The van der Waals surface area contributed by atoms with E-state index in [1.807, 2.05) is 18.2 Å². The maximum absolute atomic E-state index is 6.09. The smallest absolute Gasteiger partial charge is 0.0478 e. The van der Waals surface area contributed by atoms with Crippen molar-refractivity contribution in [2.24, 2.45) is 5.92 Å². The van der Waals surface area contributed by atoms with Gasteiger partial charge >= 0.3 is 0 Å². The van der Waals surface area contributed by atoms with E-state index in [4.69, 9.17) is 11.6 Å². The third-order valence-corrected chi connectivity index (χ3v) is 3.45. The number of hydrogen-bond donors (Lipinski definition) is 0. The van der Waals surface area contributed by atoms with Gasteiger partial charge in [0.2, 0.25) is 0 Å². The van der Waals surface area contributed by atoms with Crippen LogP contribution in [0.4, 0.5) is 0 Å². The highest BCUT2D eigenvalue weighted by molar-refractivity contribution is 6.32. The second-order valence-corrected chi connectivity index (χ2v) is 4.69. The van der Waals surface area contributed by atoms with Crippen molar-refractivity contribution in [3.63, 3.8) is 0 Å². The van der Waals surface area contributed by atoms with Gasteiger partial charge < -0.3 is 0 Å². The predicted molar refractivity (Wildman–Crippen MR) is 67.1 cm³/mol. The Morgan fingerprint density at radius 3 is 2.53 bits per heavy atom. The van der Waals surface area contributed by atoms with E-state index in [2.05, 4.69) is 18.2 Å². The third-order valence-electron chi connectivity index (χ3n) is 3.10. The van der Waals surface area contributed by atoms with Gasteiger partial charge in [-0.1, -0.05) is 61.2 Å². The van der Waals surface area contributed by atoms with Crippen LogP contribution in [-0.2, 0) is 0 Å². The summed E-state index contributed by atoms with van der Waals surface area (Å²) < 4.78 is 0. The SMILES string of the molecule is Clc1ccccc1C=CC1CCCCC1. The summed E-state index contributed by atoms with van der Waals surface area (Å²) in [5.41, 5.74) is 1.14. The summed E-state index contributed by atoms with van der Waals surface area (Å²) in [7, 11) is 0. The van der Waals surface area contributed by atoms with Gasteiger partial charge in [-0.25, -0.2) is 0 Å². The Balaban J connectivity index is 2.01. The average Bonchev–Trinajstić information content (AvgIpc) is 2.29. The summed E-state index contributed by atoms with van der Waals surface area (Å²) in [6.07, 6.45) is 11.4. The first-order valence-electron chi connectivity index (χ1n) is 5.79. The van der Waals surface area contributed by atoms with Gasteiger partial charge in [0, 0.05) is 5.02 Å². The van der Waals surface area contributed by atoms with Gasteiger partial charge in [-0.05, 0) is 30.4 Å². The van der Waals surface area contributed by atoms with Gasteiger partial charge in [0.1, 0.15) is 0 Å². The molecule has 15 heavy (non-hydrogen) atoms. The largest absolute Gasteiger partial charge is 0.0837 e. The van der Waals surface area contributed by atoms with Crippen LogP contribution < -0.4 is 0 Å². The minimum Gasteiger partial charge on any atom is -0.0837 e. The van der Waals surface area contributed by atoms with Crippen LogP contribution in [-0.4, -0.2) is 0 Å². The molecule has 0 aromatic heterocycles. The summed E-state index contributed by atoms with van der Waals surface area (Å²) in [5.74, 6) is 0.773. The molecular weight excluding hydrogens is 204 g/mol. The molecule has 0 radical (unpaired) electrons. The van der Waals surface area contributed by atoms with E-state index in [0.29, 0.717) is 0 Å². The van der Waals surface area contributed by atoms with Crippen LogP contribution in [0.2, 0.25) is 5.02 Å². The standard InChI is InChI=1S/C14H17Cl/c15-14-9-5-4-8-13(14)11-10-12-6-2-1-3-7-12/h4-5,8-12H,1-3,6-7H2. The van der Waals surface area contributed by atoms with E-state index in [1.165, 1.54) is 32.1 Å². The first kappa shape index (κ1) is 10.8. The molecule has 0 saturated heterocycles. The first-order chi connectivity index (χ1) is 7.36. The Bertz CT molecular complexity index is 335. The average molecular weight is 221 g/mol. The van der Waals surface area contributed by atoms with Gasteiger partial charge in [-0.15, -0.1) is 0 Å². The van der Waals surface area contributed by atoms with Crippen LogP contribution in [0.15, 0.2) is 30.3 Å². The topological polar surface area (TPSA) is 0 Å². The van der Waals surface area contributed by atoms with Crippen LogP contribution in [0, 0.1) is 5.92 Å². The summed E-state index contributed by atoms with van der Waals surface area (Å²) in [4.78, 5) is 0. The summed E-state index contributed by atoms with van der Waals surface area (Å²) in [6, 6.07) is 8.02. The number of benzene rings is 1. The Morgan fingerprint density at radius 2 is 1.80 bits per heavy atom. The zero-order valence-corrected chi connectivity index (χ0v) is 9.71. The molecular formula is C14H17Cl. The highest BCUT2D eigenvalue weighted by atomic mass is 35.5. The summed E-state index contributed by atoms with van der Waals surface area (Å²) >= 11 is 6.09. The van der Waals surface area contributed by atoms with Gasteiger partial charge in [-0.3, -0.25) is 0 Å². The van der Waals surface area contributed by atoms with Crippen LogP contribution in [0.3, 0.4) is 0 Å². The molecule has 0 aliphatic heterocycles. The molecule has 80 valence electrons. The summed E-state index contributed by atoms with van der Waals surface area (Å²) in [5, 5.41) is 0.851. The quantitative estimate of drug-likeness (QED) is 0.663. The zero-order valence-electron chi connectivity index (χ0n) is 8.95. The molecule has 1 aliphatic carbocycles. The van der Waals surface area contributed by atoms with Crippen molar-refractivity contribution in [3.05, 3.63) is 40.9 Å². The second kappa shape index (κ2) is 5.37. The van der Waals surface area contributed by atoms with E-state index in [-0.39, 0.29) is 0 Å². The lowest BCUT2D eigenvalue weighted by Crippen LogP contribution is -2.02. The molecule has 0 N–H and O–H groups in total. The predicted octanol–water partition coefficient (Wildman–Crippen LogP) is 4.93. The van der Waals surface area contributed by atoms with E-state index in [9.17, 15) is 0 Å². The molecule has 1 aromatic carbocycles. The van der Waals surface area contributed by atoms with Crippen LogP contribution in [0.1, 0.15) is 37.7 Å². The Labute approximate surface area is 97.0 Å². The van der Waals surface area contributed by atoms with Gasteiger partial charge in [0.25, 0.3) is 0 Å². The van der Waals surface area contributed by atoms with Crippen molar-refractivity contribution >= 4 is 17.7 Å². The fourth-order valence-corrected chi connectivity index (χ4v) is 2.38. The number of allylic oxidation sites excluding steroid dienone is 1. The molecule has 1 saturated carbocycles. The van der Waals surface area contributed by atoms with E-state index in [0.717, 1.165) is 16.5 Å². The molecule has 2 rings (SSSR count). The number of rotatable bonds is 2. The molecule has 0 bridgehead atoms. The molecule has 0 nitrogen and oxygen atoms in total. The first-order valence-corrected chi connectivity index (χ1v) is 6.17. The second-order valence-electron chi connectivity index (χ2n) is 4.28. The molecule has 0 unspecified atom stereocenters. The van der Waals surface area contributed by atoms with Crippen LogP contribution in [0.5, 0.6) is 0 Å². The van der Waals surface area contributed by atoms with E-state index in [1.54, 1.807) is 0 Å². The van der Waals surface area contributed by atoms with Crippen LogP contribution >= 0.6 is 11.6 Å². The minimum absolute atomic E-state index is 0.773. The van der Waals surface area contributed by atoms with Crippen molar-refractivity contribution in [1.82, 2.24) is 0 Å². The molecule has 0 amide bonds. The fraction of sp³-hybridized carbons (Fsp3) is 0.429. The Morgan fingerprint density at radius 1 is 1.07 bits per heavy atom. The van der Waals surface area contributed by atoms with Crippen molar-refractivity contribution in [3.8, 4) is 0 Å². The molecule has 0 heterocycles. The monoisotopic (exact) mass is 220 g/mol. The van der Waals surface area contributed by atoms with Crippen molar-refractivity contribution in [2.75, 3.05) is 0 Å². The third kappa shape index (κ3) is 3.10. The molecule has 0 spiro atoms. The maximum Gasteiger partial charge on any atom is 0.0478 e. The molecule has 1 aromatic rings. The van der Waals surface area contributed by atoms with Crippen molar-refractivity contribution < 1.29 is 0 Å². The van der Waals surface area contributed by atoms with Gasteiger partial charge in [0.05, 0.1) is 0 Å². The molecule has 0 atom stereocenters. The van der Waals surface area contributed by atoms with Gasteiger partial charge in [-0.2, -0.15) is 0 Å². The van der Waals surface area contributed by atoms with Gasteiger partial charge in [0.15, 0.2) is 0 Å². The van der Waals surface area contributed by atoms with E-state index < -0.39 is 0 Å². The normalized spacial score (nSPS) is 18.5. The highest BCUT2D eigenvalue weighted by Crippen LogP contribution is 2.26. The van der Waals surface area contributed by atoms with Crippen molar-refractivity contribution in [1.29, 1.82) is 0 Å². The van der Waals surface area contributed by atoms with E-state index >= 15 is 0 Å². The Hall–Kier alpha value is -0.750. The highest BCUT2D eigenvalue weighted by Gasteiger charge is 2.09. The van der Waals surface area contributed by atoms with Crippen LogP contribution in [0.25, 0.3) is 6.08 Å². The zero-order chi connectivity index (χ0) is 10.5. The lowest BCUT2D eigenvalue weighted by Gasteiger charge is -2.17. The maximum atomic E-state index is 6.09. The molecule has 1 fully saturated rings. The fourth-order valence-electron chi connectivity index (χ4n) is 2.18. The summed E-state index contributed by atoms with van der Waals surface area (Å²) in [6.45, 7) is 0. The number of halogens is 1. The lowest BCUT2D eigenvalue weighted by atomic mass is 9.89. The lowest BCUT2D eigenvalue weighted by molar-refractivity contribution is 0.420. The number of hydrogen-bond acceptors (Lipinski definition) is 0. The molecule has 1 heteroatoms. The minimum atomic E-state index is 0.773. The molecule has 1 aliphatic rings.